The molecule has 41 heavy (non-hydrogen) atoms. The summed E-state index contributed by atoms with van der Waals surface area (Å²) in [5.74, 6) is 1.12. The lowest BCUT2D eigenvalue weighted by Gasteiger charge is -2.31. The second-order valence-corrected chi connectivity index (χ2v) is 12.9. The van der Waals surface area contributed by atoms with Crippen molar-refractivity contribution in [1.29, 1.82) is 5.26 Å². The van der Waals surface area contributed by atoms with E-state index >= 15 is 0 Å². The molecule has 7 heteroatoms. The van der Waals surface area contributed by atoms with Crippen LogP contribution in [0.3, 0.4) is 0 Å². The second kappa shape index (κ2) is 12.2. The van der Waals surface area contributed by atoms with Gasteiger partial charge in [-0.1, -0.05) is 46.8 Å². The first-order valence-corrected chi connectivity index (χ1v) is 13.8. The lowest BCUT2D eigenvalue weighted by Crippen LogP contribution is -2.26. The zero-order chi connectivity index (χ0) is 30.8. The Kier molecular flexibility index (Phi) is 9.57. The Morgan fingerprint density at radius 1 is 0.683 bits per heavy atom. The van der Waals surface area contributed by atoms with Gasteiger partial charge in [-0.25, -0.2) is 0 Å². The van der Waals surface area contributed by atoms with E-state index in [1.807, 2.05) is 91.8 Å². The highest BCUT2D eigenvalue weighted by Crippen LogP contribution is 2.42. The van der Waals surface area contributed by atoms with Gasteiger partial charge in [0.25, 0.3) is 0 Å². The first-order chi connectivity index (χ1) is 19.1. The van der Waals surface area contributed by atoms with Crippen LogP contribution < -0.4 is 9.47 Å². The summed E-state index contributed by atoms with van der Waals surface area (Å²) in [6.45, 7) is 14.5. The molecule has 3 aromatic carbocycles. The number of nitriles is 1. The number of aliphatic hydroxyl groups excluding tert-OH is 4. The molecule has 220 valence electrons. The highest BCUT2D eigenvalue weighted by Gasteiger charge is 2.30. The molecule has 4 N–H and O–H groups in total. The van der Waals surface area contributed by atoms with E-state index in [9.17, 15) is 25.7 Å². The van der Waals surface area contributed by atoms with Gasteiger partial charge in [-0.3, -0.25) is 0 Å². The summed E-state index contributed by atoms with van der Waals surface area (Å²) in [4.78, 5) is 0. The van der Waals surface area contributed by atoms with Gasteiger partial charge in [0.2, 0.25) is 0 Å². The molecule has 0 saturated carbocycles. The van der Waals surface area contributed by atoms with Crippen molar-refractivity contribution >= 4 is 0 Å². The molecule has 3 rings (SSSR count). The topological polar surface area (TPSA) is 123 Å². The van der Waals surface area contributed by atoms with Crippen molar-refractivity contribution in [1.82, 2.24) is 0 Å². The third-order valence-corrected chi connectivity index (χ3v) is 7.18. The maximum atomic E-state index is 10.4. The average Bonchev–Trinajstić information content (AvgIpc) is 2.91. The predicted molar refractivity (Wildman–Crippen MR) is 159 cm³/mol. The smallest absolute Gasteiger partial charge is 0.145 e. The Balaban J connectivity index is 2.16. The lowest BCUT2D eigenvalue weighted by molar-refractivity contribution is 0.121. The van der Waals surface area contributed by atoms with Crippen LogP contribution in [-0.4, -0.2) is 26.0 Å². The minimum atomic E-state index is -0.662. The van der Waals surface area contributed by atoms with Crippen molar-refractivity contribution in [2.75, 3.05) is 0 Å². The molecule has 0 saturated heterocycles. The molecule has 3 aromatic rings. The van der Waals surface area contributed by atoms with Crippen LogP contribution in [0.4, 0.5) is 0 Å². The Bertz CT molecular complexity index is 1390. The number of ether oxygens (including phenoxy) is 2. The summed E-state index contributed by atoms with van der Waals surface area (Å²) in [6, 6.07) is 15.1. The van der Waals surface area contributed by atoms with E-state index < -0.39 is 11.0 Å². The molecule has 0 amide bonds. The van der Waals surface area contributed by atoms with Crippen molar-refractivity contribution in [3.05, 3.63) is 87.0 Å². The van der Waals surface area contributed by atoms with Gasteiger partial charge in [0.1, 0.15) is 28.9 Å². The van der Waals surface area contributed by atoms with Crippen LogP contribution in [0.1, 0.15) is 99.9 Å². The van der Waals surface area contributed by atoms with Crippen LogP contribution in [0.25, 0.3) is 0 Å². The number of benzene rings is 3. The van der Waals surface area contributed by atoms with Crippen LogP contribution in [0.2, 0.25) is 0 Å². The van der Waals surface area contributed by atoms with Gasteiger partial charge < -0.3 is 29.9 Å². The van der Waals surface area contributed by atoms with Gasteiger partial charge in [-0.15, -0.1) is 0 Å². The average molecular weight is 562 g/mol. The van der Waals surface area contributed by atoms with Crippen molar-refractivity contribution in [2.24, 2.45) is 0 Å². The first-order valence-electron chi connectivity index (χ1n) is 13.8. The fourth-order valence-electron chi connectivity index (χ4n) is 4.90. The first kappa shape index (κ1) is 32.1. The van der Waals surface area contributed by atoms with Gasteiger partial charge in [0.15, 0.2) is 0 Å². The molecule has 0 aliphatic heterocycles. The predicted octanol–water partition coefficient (Wildman–Crippen LogP) is 6.12. The normalized spacial score (nSPS) is 12.3. The largest absolute Gasteiger partial charge is 0.487 e. The zero-order valence-electron chi connectivity index (χ0n) is 25.4. The van der Waals surface area contributed by atoms with Crippen LogP contribution in [0.15, 0.2) is 42.5 Å². The lowest BCUT2D eigenvalue weighted by atomic mass is 9.76. The van der Waals surface area contributed by atoms with Crippen molar-refractivity contribution in [3.8, 4) is 23.3 Å². The monoisotopic (exact) mass is 561 g/mol. The van der Waals surface area contributed by atoms with E-state index in [0.717, 1.165) is 16.7 Å². The van der Waals surface area contributed by atoms with E-state index in [1.54, 1.807) is 6.07 Å². The maximum Gasteiger partial charge on any atom is 0.145 e. The fourth-order valence-corrected chi connectivity index (χ4v) is 4.90. The number of hydrogen-bond donors (Lipinski definition) is 4. The van der Waals surface area contributed by atoms with E-state index in [0.29, 0.717) is 45.1 Å². The molecule has 0 bridgehead atoms. The van der Waals surface area contributed by atoms with Gasteiger partial charge in [-0.05, 0) is 73.2 Å². The quantitative estimate of drug-likeness (QED) is 0.248. The Morgan fingerprint density at radius 3 is 1.49 bits per heavy atom. The van der Waals surface area contributed by atoms with Crippen molar-refractivity contribution in [2.45, 2.75) is 98.2 Å². The standard InChI is InChI=1S/C34H43NO6/c1-32(2,3)28-10-9-11-29(27(28)16-35)40-30-21(17-36)12-25(13-22(30)18-37)34(7,8)26-14-23(19-38)31(24(15-26)20-39)41-33(4,5)6/h9-15,36-39H,17-20H2,1-8H3. The molecule has 0 aliphatic carbocycles. The highest BCUT2D eigenvalue weighted by molar-refractivity contribution is 5.57. The Hall–Kier alpha value is -3.41. The van der Waals surface area contributed by atoms with Gasteiger partial charge in [0.05, 0.1) is 32.0 Å². The molecule has 0 radical (unpaired) electrons. The molecule has 0 aliphatic rings. The van der Waals surface area contributed by atoms with E-state index in [4.69, 9.17) is 9.47 Å². The van der Waals surface area contributed by atoms with Crippen LogP contribution in [0, 0.1) is 11.3 Å². The molecular formula is C34H43NO6. The van der Waals surface area contributed by atoms with Gasteiger partial charge in [0, 0.05) is 27.7 Å². The number of aliphatic hydroxyl groups is 4. The van der Waals surface area contributed by atoms with Gasteiger partial charge in [-0.2, -0.15) is 5.26 Å². The summed E-state index contributed by atoms with van der Waals surface area (Å²) < 4.78 is 12.4. The molecule has 0 fully saturated rings. The minimum absolute atomic E-state index is 0.270. The molecule has 7 nitrogen and oxygen atoms in total. The van der Waals surface area contributed by atoms with Crippen molar-refractivity contribution in [3.63, 3.8) is 0 Å². The molecule has 0 heterocycles. The number of nitrogens with zero attached hydrogens (tertiary/aromatic N) is 1. The summed E-state index contributed by atoms with van der Waals surface area (Å²) in [7, 11) is 0. The third kappa shape index (κ3) is 6.91. The second-order valence-electron chi connectivity index (χ2n) is 12.9. The summed E-state index contributed by atoms with van der Waals surface area (Å²) >= 11 is 0. The Labute approximate surface area is 243 Å². The van der Waals surface area contributed by atoms with E-state index in [-0.39, 0.29) is 31.8 Å². The SMILES string of the molecule is CC(C)(C)Oc1c(CO)cc(C(C)(C)c2cc(CO)c(Oc3cccc(C(C)(C)C)c3C#N)c(CO)c2)cc1CO. The van der Waals surface area contributed by atoms with Crippen LogP contribution >= 0.6 is 0 Å². The zero-order valence-corrected chi connectivity index (χ0v) is 25.4. The summed E-state index contributed by atoms with van der Waals surface area (Å²) in [5.41, 5.74) is 3.42. The van der Waals surface area contributed by atoms with Crippen LogP contribution in [0.5, 0.6) is 17.2 Å². The fraction of sp³-hybridized carbons (Fsp3) is 0.441. The van der Waals surface area contributed by atoms with E-state index in [2.05, 4.69) is 6.07 Å². The highest BCUT2D eigenvalue weighted by atomic mass is 16.5. The summed E-state index contributed by atoms with van der Waals surface area (Å²) in [5, 5.41) is 51.1. The minimum Gasteiger partial charge on any atom is -0.487 e. The molecular weight excluding hydrogens is 518 g/mol. The third-order valence-electron chi connectivity index (χ3n) is 7.18. The number of rotatable bonds is 9. The Morgan fingerprint density at radius 2 is 1.12 bits per heavy atom. The van der Waals surface area contributed by atoms with Crippen molar-refractivity contribution < 1.29 is 29.9 Å². The van der Waals surface area contributed by atoms with E-state index in [1.165, 1.54) is 0 Å². The van der Waals surface area contributed by atoms with Crippen LogP contribution in [-0.2, 0) is 37.3 Å². The maximum absolute atomic E-state index is 10.4. The molecule has 0 spiro atoms. The molecule has 0 unspecified atom stereocenters. The van der Waals surface area contributed by atoms with Gasteiger partial charge >= 0.3 is 0 Å². The number of hydrogen-bond acceptors (Lipinski definition) is 7. The molecule has 0 atom stereocenters. The molecule has 0 aromatic heterocycles. The summed E-state index contributed by atoms with van der Waals surface area (Å²) in [6.07, 6.45) is 0.